The van der Waals surface area contributed by atoms with Gasteiger partial charge in [-0.25, -0.2) is 0 Å². The van der Waals surface area contributed by atoms with Crippen molar-refractivity contribution in [1.29, 1.82) is 0 Å². The maximum atomic E-state index is 5.47. The van der Waals surface area contributed by atoms with Crippen molar-refractivity contribution < 1.29 is 4.74 Å². The van der Waals surface area contributed by atoms with Gasteiger partial charge in [0.05, 0.1) is 10.7 Å². The Morgan fingerprint density at radius 2 is 2.38 bits per heavy atom. The second-order valence-electron chi connectivity index (χ2n) is 3.77. The molecule has 2 aliphatic heterocycles. The maximum Gasteiger partial charge on any atom is 0.102 e. The first kappa shape index (κ1) is 9.78. The topological polar surface area (TPSA) is 9.23 Å². The van der Waals surface area contributed by atoms with Gasteiger partial charge in [0, 0.05) is 11.3 Å². The third-order valence-electron chi connectivity index (χ3n) is 2.56. The van der Waals surface area contributed by atoms with E-state index >= 15 is 0 Å². The van der Waals surface area contributed by atoms with E-state index in [1.807, 2.05) is 11.8 Å². The van der Waals surface area contributed by atoms with Crippen LogP contribution < -0.4 is 0 Å². The van der Waals surface area contributed by atoms with E-state index in [-0.39, 0.29) is 0 Å². The smallest absolute Gasteiger partial charge is 0.102 e. The van der Waals surface area contributed by atoms with Gasteiger partial charge in [-0.15, -0.1) is 23.5 Å². The first-order valence-electron chi connectivity index (χ1n) is 4.85. The van der Waals surface area contributed by atoms with Crippen molar-refractivity contribution in [3.63, 3.8) is 0 Å². The lowest BCUT2D eigenvalue weighted by Crippen LogP contribution is -2.09. The van der Waals surface area contributed by atoms with Gasteiger partial charge in [0.15, 0.2) is 0 Å². The van der Waals surface area contributed by atoms with Crippen LogP contribution in [0.5, 0.6) is 0 Å². The number of allylic oxidation sites excluding steroid dienone is 1. The van der Waals surface area contributed by atoms with Crippen molar-refractivity contribution in [2.24, 2.45) is 0 Å². The van der Waals surface area contributed by atoms with Crippen molar-refractivity contribution in [3.05, 3.63) is 10.7 Å². The predicted octanol–water partition coefficient (Wildman–Crippen LogP) is 3.61. The zero-order chi connectivity index (χ0) is 9.31. The Hall–Kier alpha value is 0.240. The fourth-order valence-corrected chi connectivity index (χ4v) is 4.72. The van der Waals surface area contributed by atoms with Gasteiger partial charge in [0.1, 0.15) is 5.76 Å². The van der Waals surface area contributed by atoms with E-state index in [1.165, 1.54) is 29.3 Å². The molecule has 0 spiro atoms. The third-order valence-corrected chi connectivity index (χ3v) is 5.85. The molecule has 2 aliphatic rings. The zero-order valence-corrected chi connectivity index (χ0v) is 9.89. The molecule has 2 rings (SSSR count). The first-order chi connectivity index (χ1) is 6.20. The summed E-state index contributed by atoms with van der Waals surface area (Å²) >= 11 is 4.15. The summed E-state index contributed by atoms with van der Waals surface area (Å²) in [7, 11) is 0. The molecule has 0 radical (unpaired) electrons. The number of thioether (sulfide) groups is 2. The molecule has 0 aromatic carbocycles. The highest BCUT2D eigenvalue weighted by Crippen LogP contribution is 2.51. The molecule has 2 heterocycles. The third kappa shape index (κ3) is 2.18. The van der Waals surface area contributed by atoms with Crippen LogP contribution in [0.15, 0.2) is 10.7 Å². The summed E-state index contributed by atoms with van der Waals surface area (Å²) in [6.07, 6.45) is 3.85. The number of hydrogen-bond acceptors (Lipinski definition) is 3. The van der Waals surface area contributed by atoms with Gasteiger partial charge in [-0.1, -0.05) is 0 Å². The Bertz CT molecular complexity index is 229. The molecular formula is C10H16OS2. The minimum absolute atomic E-state index is 0.435. The summed E-state index contributed by atoms with van der Waals surface area (Å²) < 4.78 is 5.91. The van der Waals surface area contributed by atoms with Crippen LogP contribution in [0, 0.1) is 0 Å². The summed E-state index contributed by atoms with van der Waals surface area (Å²) in [5.74, 6) is 2.50. The lowest BCUT2D eigenvalue weighted by molar-refractivity contribution is 0.246. The Labute approximate surface area is 88.7 Å². The quantitative estimate of drug-likeness (QED) is 0.698. The Morgan fingerprint density at radius 3 is 2.92 bits per heavy atom. The average Bonchev–Trinajstić information content (AvgIpc) is 2.64. The van der Waals surface area contributed by atoms with Crippen molar-refractivity contribution in [2.75, 3.05) is 12.4 Å². The molecular weight excluding hydrogens is 200 g/mol. The lowest BCUT2D eigenvalue weighted by atomic mass is 10.3. The van der Waals surface area contributed by atoms with Crippen LogP contribution in [0.3, 0.4) is 0 Å². The largest absolute Gasteiger partial charge is 0.497 e. The van der Waals surface area contributed by atoms with Crippen molar-refractivity contribution in [3.8, 4) is 0 Å². The Kier molecular flexibility index (Phi) is 2.84. The molecule has 1 atom stereocenters. The van der Waals surface area contributed by atoms with Gasteiger partial charge in [-0.2, -0.15) is 0 Å². The normalized spacial score (nSPS) is 34.0. The minimum Gasteiger partial charge on any atom is -0.497 e. The molecule has 0 aromatic heterocycles. The summed E-state index contributed by atoms with van der Waals surface area (Å²) in [5.41, 5.74) is 0. The van der Waals surface area contributed by atoms with Gasteiger partial charge in [0.25, 0.3) is 0 Å². The first-order valence-corrected chi connectivity index (χ1v) is 6.65. The van der Waals surface area contributed by atoms with Crippen LogP contribution in [0.2, 0.25) is 0 Å². The van der Waals surface area contributed by atoms with Crippen molar-refractivity contribution in [2.45, 2.75) is 37.2 Å². The Balaban J connectivity index is 2.00. The van der Waals surface area contributed by atoms with Crippen LogP contribution in [0.25, 0.3) is 0 Å². The summed E-state index contributed by atoms with van der Waals surface area (Å²) in [6, 6.07) is 0. The summed E-state index contributed by atoms with van der Waals surface area (Å²) in [5, 5.41) is 0. The van der Waals surface area contributed by atoms with E-state index in [2.05, 4.69) is 25.6 Å². The van der Waals surface area contributed by atoms with Gasteiger partial charge >= 0.3 is 0 Å². The molecule has 0 amide bonds. The van der Waals surface area contributed by atoms with E-state index in [0.29, 0.717) is 4.08 Å². The molecule has 0 N–H and O–H groups in total. The molecule has 0 bridgehead atoms. The monoisotopic (exact) mass is 216 g/mol. The van der Waals surface area contributed by atoms with Crippen molar-refractivity contribution >= 4 is 23.5 Å². The fraction of sp³-hybridized carbons (Fsp3) is 0.800. The molecule has 3 heteroatoms. The zero-order valence-electron chi connectivity index (χ0n) is 8.26. The molecule has 74 valence electrons. The molecule has 1 fully saturated rings. The van der Waals surface area contributed by atoms with Crippen molar-refractivity contribution in [1.82, 2.24) is 0 Å². The lowest BCUT2D eigenvalue weighted by Gasteiger charge is -2.22. The van der Waals surface area contributed by atoms with E-state index in [9.17, 15) is 0 Å². The van der Waals surface area contributed by atoms with Gasteiger partial charge in [0.2, 0.25) is 0 Å². The van der Waals surface area contributed by atoms with E-state index in [1.54, 1.807) is 0 Å². The van der Waals surface area contributed by atoms with E-state index in [4.69, 9.17) is 4.74 Å². The molecule has 13 heavy (non-hydrogen) atoms. The molecule has 1 nitrogen and oxygen atoms in total. The molecule has 1 saturated heterocycles. The van der Waals surface area contributed by atoms with Crippen LogP contribution in [-0.4, -0.2) is 16.4 Å². The standard InChI is InChI=1S/C10H16OS2/c1-8-9(4-6-11-8)13-10(2)5-3-7-12-10/h3-7H2,1-2H3. The van der Waals surface area contributed by atoms with Crippen LogP contribution >= 0.6 is 23.5 Å². The van der Waals surface area contributed by atoms with Gasteiger partial charge in [-0.3, -0.25) is 0 Å². The maximum absolute atomic E-state index is 5.47. The highest BCUT2D eigenvalue weighted by Gasteiger charge is 2.32. The summed E-state index contributed by atoms with van der Waals surface area (Å²) in [6.45, 7) is 5.36. The van der Waals surface area contributed by atoms with Crippen LogP contribution in [0.4, 0.5) is 0 Å². The minimum atomic E-state index is 0.435. The number of rotatable bonds is 2. The molecule has 0 aliphatic carbocycles. The highest BCUT2D eigenvalue weighted by atomic mass is 32.2. The number of ether oxygens (including phenoxy) is 1. The average molecular weight is 216 g/mol. The fourth-order valence-electron chi connectivity index (χ4n) is 1.77. The van der Waals surface area contributed by atoms with Gasteiger partial charge < -0.3 is 4.74 Å². The van der Waals surface area contributed by atoms with E-state index in [0.717, 1.165) is 13.0 Å². The highest BCUT2D eigenvalue weighted by molar-refractivity contribution is 8.20. The number of hydrogen-bond donors (Lipinski definition) is 0. The van der Waals surface area contributed by atoms with E-state index < -0.39 is 0 Å². The van der Waals surface area contributed by atoms with Crippen LogP contribution in [-0.2, 0) is 4.74 Å². The SMILES string of the molecule is CC1=C(SC2(C)CCCS2)CCO1. The summed E-state index contributed by atoms with van der Waals surface area (Å²) in [4.78, 5) is 1.48. The second kappa shape index (κ2) is 3.77. The van der Waals surface area contributed by atoms with Gasteiger partial charge in [-0.05, 0) is 32.4 Å². The second-order valence-corrected chi connectivity index (χ2v) is 7.22. The Morgan fingerprint density at radius 1 is 1.54 bits per heavy atom. The molecule has 0 saturated carbocycles. The molecule has 1 unspecified atom stereocenters. The predicted molar refractivity (Wildman–Crippen MR) is 61.0 cm³/mol. The molecule has 0 aromatic rings. The van der Waals surface area contributed by atoms with Crippen LogP contribution in [0.1, 0.15) is 33.1 Å².